The third-order valence-corrected chi connectivity index (χ3v) is 6.25. The molecule has 126 valence electrons. The molecule has 4 rings (SSSR count). The van der Waals surface area contributed by atoms with Crippen LogP contribution in [-0.4, -0.2) is 36.6 Å². The Morgan fingerprint density at radius 3 is 2.87 bits per heavy atom. The molecule has 1 aromatic carbocycles. The Morgan fingerprint density at radius 1 is 1.26 bits per heavy atom. The summed E-state index contributed by atoms with van der Waals surface area (Å²) in [5.74, 6) is 0.850. The number of benzene rings is 1. The molecule has 0 bridgehead atoms. The van der Waals surface area contributed by atoms with E-state index < -0.39 is 6.10 Å². The summed E-state index contributed by atoms with van der Waals surface area (Å²) in [5.41, 5.74) is 0.802. The summed E-state index contributed by atoms with van der Waals surface area (Å²) in [4.78, 5) is 0. The van der Waals surface area contributed by atoms with Gasteiger partial charge in [0.05, 0.1) is 19.3 Å². The van der Waals surface area contributed by atoms with Gasteiger partial charge < -0.3 is 19.3 Å². The maximum atomic E-state index is 10.4. The third kappa shape index (κ3) is 2.01. The second kappa shape index (κ2) is 5.47. The molecule has 4 nitrogen and oxygen atoms in total. The average molecular weight is 318 g/mol. The molecule has 3 fully saturated rings. The van der Waals surface area contributed by atoms with Crippen LogP contribution in [0, 0.1) is 5.41 Å². The molecule has 2 aliphatic heterocycles. The lowest BCUT2D eigenvalue weighted by Gasteiger charge is -2.46. The van der Waals surface area contributed by atoms with Crippen molar-refractivity contribution < 1.29 is 19.3 Å². The van der Waals surface area contributed by atoms with Crippen LogP contribution in [0.5, 0.6) is 5.75 Å². The highest BCUT2D eigenvalue weighted by atomic mass is 16.6. The van der Waals surface area contributed by atoms with Crippen LogP contribution in [0.1, 0.15) is 50.7 Å². The molecule has 1 aliphatic carbocycles. The second-order valence-electron chi connectivity index (χ2n) is 7.31. The van der Waals surface area contributed by atoms with Gasteiger partial charge in [0.1, 0.15) is 17.5 Å². The number of methoxy groups -OCH3 is 1. The number of hydrogen-bond donors (Lipinski definition) is 1. The van der Waals surface area contributed by atoms with Crippen molar-refractivity contribution in [1.29, 1.82) is 0 Å². The minimum absolute atomic E-state index is 0.0146. The maximum absolute atomic E-state index is 10.4. The van der Waals surface area contributed by atoms with E-state index >= 15 is 0 Å². The van der Waals surface area contributed by atoms with Crippen LogP contribution in [0.2, 0.25) is 0 Å². The molecule has 1 unspecified atom stereocenters. The molecule has 0 aromatic heterocycles. The van der Waals surface area contributed by atoms with Crippen molar-refractivity contribution in [3.05, 3.63) is 29.8 Å². The first-order chi connectivity index (χ1) is 11.1. The standard InChI is InChI=1S/C19H26O4/c1-13(20)16-19-9-4-3-8-18(19,10-11-22-19)17(23-16)14-6-5-7-15(12-14)21-2/h5-7,12-13,16-17,20H,3-4,8-11H2,1-2H3/t13?,16-,17+,18-,19+/m0/s1. The summed E-state index contributed by atoms with van der Waals surface area (Å²) in [6, 6.07) is 8.16. The highest BCUT2D eigenvalue weighted by Gasteiger charge is 2.71. The summed E-state index contributed by atoms with van der Waals surface area (Å²) < 4.78 is 18.2. The van der Waals surface area contributed by atoms with Crippen LogP contribution >= 0.6 is 0 Å². The Hall–Kier alpha value is -1.10. The van der Waals surface area contributed by atoms with Crippen molar-refractivity contribution in [2.24, 2.45) is 5.41 Å². The molecule has 0 radical (unpaired) electrons. The number of hydrogen-bond acceptors (Lipinski definition) is 4. The van der Waals surface area contributed by atoms with Gasteiger partial charge in [-0.15, -0.1) is 0 Å². The fourth-order valence-electron chi connectivity index (χ4n) is 5.34. The summed E-state index contributed by atoms with van der Waals surface area (Å²) in [6.07, 6.45) is 4.67. The Bertz CT molecular complexity index is 586. The smallest absolute Gasteiger partial charge is 0.119 e. The zero-order valence-electron chi connectivity index (χ0n) is 14.0. The number of rotatable bonds is 3. The van der Waals surface area contributed by atoms with E-state index in [2.05, 4.69) is 12.1 Å². The summed E-state index contributed by atoms with van der Waals surface area (Å²) in [7, 11) is 1.69. The van der Waals surface area contributed by atoms with E-state index in [0.29, 0.717) is 0 Å². The van der Waals surface area contributed by atoms with Gasteiger partial charge in [0.2, 0.25) is 0 Å². The van der Waals surface area contributed by atoms with E-state index in [1.807, 2.05) is 19.1 Å². The zero-order valence-corrected chi connectivity index (χ0v) is 14.0. The quantitative estimate of drug-likeness (QED) is 0.929. The van der Waals surface area contributed by atoms with E-state index in [4.69, 9.17) is 14.2 Å². The SMILES string of the molecule is COc1cccc([C@H]2O[C@@H](C(C)O)[C@]34CCCC[C@]23CCO4)c1. The lowest BCUT2D eigenvalue weighted by atomic mass is 9.58. The molecule has 1 saturated carbocycles. The van der Waals surface area contributed by atoms with Crippen molar-refractivity contribution in [1.82, 2.24) is 0 Å². The molecule has 2 heterocycles. The summed E-state index contributed by atoms with van der Waals surface area (Å²) >= 11 is 0. The highest BCUT2D eigenvalue weighted by Crippen LogP contribution is 2.67. The fraction of sp³-hybridized carbons (Fsp3) is 0.684. The Morgan fingerprint density at radius 2 is 2.09 bits per heavy atom. The van der Waals surface area contributed by atoms with Crippen LogP contribution in [0.25, 0.3) is 0 Å². The van der Waals surface area contributed by atoms with Gasteiger partial charge in [-0.05, 0) is 43.9 Å². The Kier molecular flexibility index (Phi) is 3.67. The van der Waals surface area contributed by atoms with Gasteiger partial charge in [0, 0.05) is 12.0 Å². The zero-order chi connectivity index (χ0) is 16.1. The number of ether oxygens (including phenoxy) is 3. The number of aliphatic hydroxyl groups excluding tert-OH is 1. The van der Waals surface area contributed by atoms with Crippen molar-refractivity contribution in [2.45, 2.75) is 62.9 Å². The molecule has 3 aliphatic rings. The first kappa shape index (κ1) is 15.4. The molecule has 0 spiro atoms. The van der Waals surface area contributed by atoms with Gasteiger partial charge in [-0.1, -0.05) is 25.0 Å². The van der Waals surface area contributed by atoms with E-state index in [1.165, 1.54) is 6.42 Å². The Balaban J connectivity index is 1.81. The molecule has 0 amide bonds. The van der Waals surface area contributed by atoms with E-state index in [-0.39, 0.29) is 23.2 Å². The van der Waals surface area contributed by atoms with E-state index in [9.17, 15) is 5.11 Å². The first-order valence-electron chi connectivity index (χ1n) is 8.74. The van der Waals surface area contributed by atoms with Crippen molar-refractivity contribution in [3.8, 4) is 5.75 Å². The summed E-state index contributed by atoms with van der Waals surface area (Å²) in [5, 5.41) is 10.4. The van der Waals surface area contributed by atoms with Gasteiger partial charge >= 0.3 is 0 Å². The summed E-state index contributed by atoms with van der Waals surface area (Å²) in [6.45, 7) is 2.60. The van der Waals surface area contributed by atoms with Crippen molar-refractivity contribution in [2.75, 3.05) is 13.7 Å². The van der Waals surface area contributed by atoms with Crippen molar-refractivity contribution >= 4 is 0 Å². The average Bonchev–Trinajstić information content (AvgIpc) is 3.08. The predicted octanol–water partition coefficient (Wildman–Crippen LogP) is 3.24. The van der Waals surface area contributed by atoms with Gasteiger partial charge in [-0.25, -0.2) is 0 Å². The monoisotopic (exact) mass is 318 g/mol. The normalized spacial score (nSPS) is 40.5. The van der Waals surface area contributed by atoms with Gasteiger partial charge in [0.15, 0.2) is 0 Å². The maximum Gasteiger partial charge on any atom is 0.119 e. The topological polar surface area (TPSA) is 47.9 Å². The predicted molar refractivity (Wildman–Crippen MR) is 86.5 cm³/mol. The minimum atomic E-state index is -0.527. The van der Waals surface area contributed by atoms with Crippen LogP contribution in [0.3, 0.4) is 0 Å². The molecule has 23 heavy (non-hydrogen) atoms. The second-order valence-corrected chi connectivity index (χ2v) is 7.31. The van der Waals surface area contributed by atoms with Gasteiger partial charge in [0.25, 0.3) is 0 Å². The molecule has 1 aromatic rings. The lowest BCUT2D eigenvalue weighted by molar-refractivity contribution is -0.135. The van der Waals surface area contributed by atoms with E-state index in [0.717, 1.165) is 43.6 Å². The largest absolute Gasteiger partial charge is 0.497 e. The molecule has 5 atom stereocenters. The van der Waals surface area contributed by atoms with Gasteiger partial charge in [-0.3, -0.25) is 0 Å². The number of aliphatic hydroxyl groups is 1. The van der Waals surface area contributed by atoms with Crippen molar-refractivity contribution in [3.63, 3.8) is 0 Å². The van der Waals surface area contributed by atoms with Crippen LogP contribution in [0.4, 0.5) is 0 Å². The van der Waals surface area contributed by atoms with E-state index in [1.54, 1.807) is 7.11 Å². The molecule has 2 saturated heterocycles. The van der Waals surface area contributed by atoms with Crippen LogP contribution in [0.15, 0.2) is 24.3 Å². The van der Waals surface area contributed by atoms with Crippen LogP contribution in [-0.2, 0) is 9.47 Å². The highest BCUT2D eigenvalue weighted by molar-refractivity contribution is 5.34. The first-order valence-corrected chi connectivity index (χ1v) is 8.74. The third-order valence-electron chi connectivity index (χ3n) is 6.25. The molecule has 1 N–H and O–H groups in total. The lowest BCUT2D eigenvalue weighted by Crippen LogP contribution is -2.54. The molecular formula is C19H26O4. The van der Waals surface area contributed by atoms with Crippen LogP contribution < -0.4 is 4.74 Å². The van der Waals surface area contributed by atoms with Gasteiger partial charge in [-0.2, -0.15) is 0 Å². The fourth-order valence-corrected chi connectivity index (χ4v) is 5.34. The molecular weight excluding hydrogens is 292 g/mol. The molecule has 4 heteroatoms. The minimum Gasteiger partial charge on any atom is -0.497 e. The Labute approximate surface area is 137 Å².